The van der Waals surface area contributed by atoms with Crippen LogP contribution in [0.1, 0.15) is 30.9 Å². The minimum absolute atomic E-state index is 0.492. The average molecular weight is 255 g/mol. The molecular weight excluding hydrogens is 236 g/mol. The maximum Gasteiger partial charge on any atom is 0.133 e. The van der Waals surface area contributed by atoms with Crippen LogP contribution in [0.25, 0.3) is 0 Å². The predicted octanol–water partition coefficient (Wildman–Crippen LogP) is 3.20. The second kappa shape index (κ2) is 5.69. The monoisotopic (exact) mass is 254 g/mol. The van der Waals surface area contributed by atoms with Crippen LogP contribution in [0.15, 0.2) is 6.20 Å². The van der Waals surface area contributed by atoms with Crippen LogP contribution in [-0.2, 0) is 11.2 Å². The Morgan fingerprint density at radius 2 is 2.18 bits per heavy atom. The van der Waals surface area contributed by atoms with E-state index in [1.165, 1.54) is 11.3 Å². The van der Waals surface area contributed by atoms with Crippen molar-refractivity contribution >= 4 is 17.3 Å². The third kappa shape index (κ3) is 2.90. The molecule has 1 aliphatic heterocycles. The summed E-state index contributed by atoms with van der Waals surface area (Å²) in [5.41, 5.74) is 3.45. The molecule has 0 radical (unpaired) electrons. The maximum absolute atomic E-state index is 6.08. The van der Waals surface area contributed by atoms with Crippen LogP contribution in [0.5, 0.6) is 0 Å². The largest absolute Gasteiger partial charge is 0.382 e. The SMILES string of the molecule is CCc1cnc(Cl)c(C)c1NC1CCOCC1. The van der Waals surface area contributed by atoms with Crippen molar-refractivity contribution in [2.75, 3.05) is 18.5 Å². The first-order chi connectivity index (χ1) is 8.22. The fourth-order valence-electron chi connectivity index (χ4n) is 2.16. The van der Waals surface area contributed by atoms with Gasteiger partial charge in [-0.15, -0.1) is 0 Å². The number of halogens is 1. The highest BCUT2D eigenvalue weighted by Gasteiger charge is 2.17. The van der Waals surface area contributed by atoms with E-state index in [1.807, 2.05) is 13.1 Å². The van der Waals surface area contributed by atoms with E-state index in [1.54, 1.807) is 0 Å². The summed E-state index contributed by atoms with van der Waals surface area (Å²) in [6.45, 7) is 5.85. The average Bonchev–Trinajstić information content (AvgIpc) is 2.37. The Bertz CT molecular complexity index is 389. The summed E-state index contributed by atoms with van der Waals surface area (Å²) in [6.07, 6.45) is 4.96. The second-order valence-corrected chi connectivity index (χ2v) is 4.82. The fraction of sp³-hybridized carbons (Fsp3) is 0.615. The molecule has 17 heavy (non-hydrogen) atoms. The number of aromatic nitrogens is 1. The molecule has 0 aromatic carbocycles. The first-order valence-electron chi connectivity index (χ1n) is 6.20. The van der Waals surface area contributed by atoms with Gasteiger partial charge in [-0.1, -0.05) is 18.5 Å². The summed E-state index contributed by atoms with van der Waals surface area (Å²) in [4.78, 5) is 4.20. The van der Waals surface area contributed by atoms with Crippen molar-refractivity contribution < 1.29 is 4.74 Å². The molecule has 1 aliphatic rings. The van der Waals surface area contributed by atoms with Crippen LogP contribution in [0.4, 0.5) is 5.69 Å². The van der Waals surface area contributed by atoms with Crippen molar-refractivity contribution in [1.29, 1.82) is 0 Å². The standard InChI is InChI=1S/C13H19ClN2O/c1-3-10-8-15-13(14)9(2)12(10)16-11-4-6-17-7-5-11/h8,11H,3-7H2,1-2H3,(H,15,16). The van der Waals surface area contributed by atoms with E-state index in [4.69, 9.17) is 16.3 Å². The van der Waals surface area contributed by atoms with Crippen LogP contribution in [0.3, 0.4) is 0 Å². The van der Waals surface area contributed by atoms with Crippen LogP contribution in [0, 0.1) is 6.92 Å². The van der Waals surface area contributed by atoms with Crippen molar-refractivity contribution in [1.82, 2.24) is 4.98 Å². The molecule has 0 aliphatic carbocycles. The molecule has 1 saturated heterocycles. The van der Waals surface area contributed by atoms with E-state index >= 15 is 0 Å². The van der Waals surface area contributed by atoms with E-state index in [-0.39, 0.29) is 0 Å². The molecule has 0 amide bonds. The number of pyridine rings is 1. The summed E-state index contributed by atoms with van der Waals surface area (Å²) in [6, 6.07) is 0.492. The summed E-state index contributed by atoms with van der Waals surface area (Å²) in [5.74, 6) is 0. The quantitative estimate of drug-likeness (QED) is 0.842. The molecule has 2 heterocycles. The molecule has 0 unspecified atom stereocenters. The minimum Gasteiger partial charge on any atom is -0.382 e. The van der Waals surface area contributed by atoms with Crippen LogP contribution < -0.4 is 5.32 Å². The molecule has 1 N–H and O–H groups in total. The molecule has 0 bridgehead atoms. The first kappa shape index (κ1) is 12.7. The Morgan fingerprint density at radius 1 is 1.47 bits per heavy atom. The normalized spacial score (nSPS) is 17.1. The van der Waals surface area contributed by atoms with Crippen LogP contribution in [0.2, 0.25) is 5.15 Å². The van der Waals surface area contributed by atoms with Gasteiger partial charge in [0.2, 0.25) is 0 Å². The third-order valence-corrected chi connectivity index (χ3v) is 3.67. The topological polar surface area (TPSA) is 34.2 Å². The summed E-state index contributed by atoms with van der Waals surface area (Å²) in [7, 11) is 0. The highest BCUT2D eigenvalue weighted by molar-refractivity contribution is 6.30. The molecule has 0 spiro atoms. The Balaban J connectivity index is 2.20. The number of anilines is 1. The van der Waals surface area contributed by atoms with Gasteiger partial charge in [0, 0.05) is 36.7 Å². The molecule has 3 nitrogen and oxygen atoms in total. The van der Waals surface area contributed by atoms with Gasteiger partial charge in [-0.2, -0.15) is 0 Å². The fourth-order valence-corrected chi connectivity index (χ4v) is 2.30. The smallest absolute Gasteiger partial charge is 0.133 e. The van der Waals surface area contributed by atoms with Gasteiger partial charge >= 0.3 is 0 Å². The van der Waals surface area contributed by atoms with Gasteiger partial charge in [0.05, 0.1) is 0 Å². The zero-order valence-electron chi connectivity index (χ0n) is 10.4. The number of aryl methyl sites for hydroxylation is 1. The first-order valence-corrected chi connectivity index (χ1v) is 6.58. The summed E-state index contributed by atoms with van der Waals surface area (Å²) in [5, 5.41) is 4.20. The van der Waals surface area contributed by atoms with E-state index < -0.39 is 0 Å². The van der Waals surface area contributed by atoms with E-state index in [0.29, 0.717) is 11.2 Å². The highest BCUT2D eigenvalue weighted by atomic mass is 35.5. The maximum atomic E-state index is 6.08. The van der Waals surface area contributed by atoms with Crippen molar-refractivity contribution in [2.45, 2.75) is 39.2 Å². The zero-order valence-corrected chi connectivity index (χ0v) is 11.2. The number of hydrogen-bond donors (Lipinski definition) is 1. The molecule has 1 aromatic heterocycles. The van der Waals surface area contributed by atoms with Gasteiger partial charge in [-0.25, -0.2) is 4.98 Å². The Hall–Kier alpha value is -0.800. The Labute approximate surface area is 108 Å². The lowest BCUT2D eigenvalue weighted by atomic mass is 10.1. The predicted molar refractivity (Wildman–Crippen MR) is 70.8 cm³/mol. The van der Waals surface area contributed by atoms with Crippen molar-refractivity contribution in [3.05, 3.63) is 22.5 Å². The van der Waals surface area contributed by atoms with Gasteiger partial charge < -0.3 is 10.1 Å². The van der Waals surface area contributed by atoms with Gasteiger partial charge in [0.25, 0.3) is 0 Å². The molecule has 0 saturated carbocycles. The molecule has 1 fully saturated rings. The van der Waals surface area contributed by atoms with Crippen molar-refractivity contribution in [2.24, 2.45) is 0 Å². The lowest BCUT2D eigenvalue weighted by Crippen LogP contribution is -2.28. The van der Waals surface area contributed by atoms with Crippen LogP contribution >= 0.6 is 11.6 Å². The van der Waals surface area contributed by atoms with Gasteiger partial charge in [0.1, 0.15) is 5.15 Å². The Kier molecular flexibility index (Phi) is 4.24. The lowest BCUT2D eigenvalue weighted by molar-refractivity contribution is 0.0904. The van der Waals surface area contributed by atoms with Crippen molar-refractivity contribution in [3.8, 4) is 0 Å². The van der Waals surface area contributed by atoms with Crippen LogP contribution in [-0.4, -0.2) is 24.2 Å². The summed E-state index contributed by atoms with van der Waals surface area (Å²) >= 11 is 6.08. The highest BCUT2D eigenvalue weighted by Crippen LogP contribution is 2.27. The number of hydrogen-bond acceptors (Lipinski definition) is 3. The number of rotatable bonds is 3. The van der Waals surface area contributed by atoms with Gasteiger partial charge in [-0.3, -0.25) is 0 Å². The molecule has 2 rings (SSSR count). The molecule has 94 valence electrons. The molecular formula is C13H19ClN2O. The molecule has 4 heteroatoms. The van der Waals surface area contributed by atoms with Gasteiger partial charge in [0.15, 0.2) is 0 Å². The number of nitrogens with zero attached hydrogens (tertiary/aromatic N) is 1. The second-order valence-electron chi connectivity index (χ2n) is 4.46. The summed E-state index contributed by atoms with van der Waals surface area (Å²) < 4.78 is 5.37. The number of nitrogens with one attached hydrogen (secondary N) is 1. The lowest BCUT2D eigenvalue weighted by Gasteiger charge is -2.26. The molecule has 1 aromatic rings. The minimum atomic E-state index is 0.492. The van der Waals surface area contributed by atoms with E-state index in [9.17, 15) is 0 Å². The zero-order chi connectivity index (χ0) is 12.3. The van der Waals surface area contributed by atoms with Crippen molar-refractivity contribution in [3.63, 3.8) is 0 Å². The third-order valence-electron chi connectivity index (χ3n) is 3.29. The Morgan fingerprint density at radius 3 is 2.82 bits per heavy atom. The number of ether oxygens (including phenoxy) is 1. The van der Waals surface area contributed by atoms with Gasteiger partial charge in [-0.05, 0) is 31.7 Å². The van der Waals surface area contributed by atoms with E-state index in [0.717, 1.165) is 38.0 Å². The van der Waals surface area contributed by atoms with E-state index in [2.05, 4.69) is 17.2 Å². The molecule has 0 atom stereocenters.